The SMILES string of the molecule is CN(C)C1CCOC2(CCN(C(=O)c3ncc(Cl)cn3)CC2)C1. The molecule has 0 bridgehead atoms. The fourth-order valence-corrected chi connectivity index (χ4v) is 3.57. The number of piperidine rings is 1. The molecule has 7 heteroatoms. The molecule has 2 aliphatic rings. The van der Waals surface area contributed by atoms with Crippen molar-refractivity contribution in [1.82, 2.24) is 19.8 Å². The van der Waals surface area contributed by atoms with E-state index in [9.17, 15) is 4.79 Å². The van der Waals surface area contributed by atoms with Crippen LogP contribution in [0.1, 0.15) is 36.3 Å². The molecule has 2 fully saturated rings. The summed E-state index contributed by atoms with van der Waals surface area (Å²) in [6.45, 7) is 2.17. The van der Waals surface area contributed by atoms with Gasteiger partial charge in [-0.25, -0.2) is 9.97 Å². The van der Waals surface area contributed by atoms with Crippen LogP contribution in [-0.2, 0) is 4.74 Å². The summed E-state index contributed by atoms with van der Waals surface area (Å²) in [5.74, 6) is 0.0811. The van der Waals surface area contributed by atoms with Gasteiger partial charge in [0.2, 0.25) is 5.82 Å². The molecular weight excluding hydrogens is 316 g/mol. The van der Waals surface area contributed by atoms with Gasteiger partial charge in [-0.2, -0.15) is 0 Å². The molecule has 1 spiro atoms. The maximum Gasteiger partial charge on any atom is 0.291 e. The topological polar surface area (TPSA) is 58.6 Å². The first kappa shape index (κ1) is 16.6. The van der Waals surface area contributed by atoms with Crippen LogP contribution >= 0.6 is 11.6 Å². The second-order valence-electron chi connectivity index (χ2n) is 6.66. The lowest BCUT2D eigenvalue weighted by molar-refractivity contribution is -0.125. The lowest BCUT2D eigenvalue weighted by Gasteiger charge is -2.47. The number of carbonyl (C=O) groups excluding carboxylic acids is 1. The minimum atomic E-state index is -0.128. The van der Waals surface area contributed by atoms with E-state index in [0.717, 1.165) is 32.3 Å². The molecule has 3 rings (SSSR count). The fraction of sp³-hybridized carbons (Fsp3) is 0.688. The van der Waals surface area contributed by atoms with Gasteiger partial charge in [-0.3, -0.25) is 4.79 Å². The number of nitrogens with zero attached hydrogens (tertiary/aromatic N) is 4. The van der Waals surface area contributed by atoms with Crippen molar-refractivity contribution in [3.05, 3.63) is 23.2 Å². The van der Waals surface area contributed by atoms with E-state index >= 15 is 0 Å². The van der Waals surface area contributed by atoms with Crippen LogP contribution in [0, 0.1) is 0 Å². The van der Waals surface area contributed by atoms with Gasteiger partial charge in [-0.15, -0.1) is 0 Å². The molecule has 2 saturated heterocycles. The van der Waals surface area contributed by atoms with Gasteiger partial charge in [-0.05, 0) is 39.8 Å². The summed E-state index contributed by atoms with van der Waals surface area (Å²) in [6.07, 6.45) is 6.78. The molecule has 126 valence electrons. The maximum atomic E-state index is 12.5. The largest absolute Gasteiger partial charge is 0.375 e. The van der Waals surface area contributed by atoms with Crippen LogP contribution in [0.2, 0.25) is 5.02 Å². The second-order valence-corrected chi connectivity index (χ2v) is 7.10. The number of likely N-dealkylation sites (tertiary alicyclic amines) is 1. The Kier molecular flexibility index (Phi) is 4.85. The molecule has 23 heavy (non-hydrogen) atoms. The van der Waals surface area contributed by atoms with E-state index in [-0.39, 0.29) is 17.3 Å². The molecular formula is C16H23ClN4O2. The highest BCUT2D eigenvalue weighted by molar-refractivity contribution is 6.30. The molecule has 0 saturated carbocycles. The lowest BCUT2D eigenvalue weighted by Crippen LogP contribution is -2.53. The average Bonchev–Trinajstić information content (AvgIpc) is 2.56. The van der Waals surface area contributed by atoms with Crippen molar-refractivity contribution in [1.29, 1.82) is 0 Å². The van der Waals surface area contributed by atoms with E-state index in [1.807, 2.05) is 4.90 Å². The van der Waals surface area contributed by atoms with Crippen LogP contribution < -0.4 is 0 Å². The van der Waals surface area contributed by atoms with Crippen molar-refractivity contribution in [2.45, 2.75) is 37.3 Å². The number of carbonyl (C=O) groups is 1. The summed E-state index contributed by atoms with van der Waals surface area (Å²) in [5.41, 5.74) is -0.0786. The number of hydrogen-bond acceptors (Lipinski definition) is 5. The third-order valence-corrected chi connectivity index (χ3v) is 5.17. The molecule has 3 heterocycles. The van der Waals surface area contributed by atoms with Gasteiger partial charge in [0.05, 0.1) is 10.6 Å². The monoisotopic (exact) mass is 338 g/mol. The quantitative estimate of drug-likeness (QED) is 0.823. The van der Waals surface area contributed by atoms with Crippen molar-refractivity contribution in [3.63, 3.8) is 0 Å². The van der Waals surface area contributed by atoms with E-state index in [2.05, 4.69) is 29.0 Å². The van der Waals surface area contributed by atoms with E-state index in [1.165, 1.54) is 12.4 Å². The second kappa shape index (κ2) is 6.71. The van der Waals surface area contributed by atoms with E-state index in [0.29, 0.717) is 24.2 Å². The summed E-state index contributed by atoms with van der Waals surface area (Å²) in [4.78, 5) is 24.6. The fourth-order valence-electron chi connectivity index (χ4n) is 3.47. The maximum absolute atomic E-state index is 12.5. The molecule has 0 radical (unpaired) electrons. The molecule has 1 aromatic heterocycles. The van der Waals surface area contributed by atoms with Crippen LogP contribution in [-0.4, -0.2) is 71.1 Å². The highest BCUT2D eigenvalue weighted by Crippen LogP contribution is 2.36. The summed E-state index contributed by atoms with van der Waals surface area (Å²) in [5, 5.41) is 0.435. The van der Waals surface area contributed by atoms with Crippen molar-refractivity contribution in [3.8, 4) is 0 Å². The average molecular weight is 339 g/mol. The van der Waals surface area contributed by atoms with E-state index < -0.39 is 0 Å². The zero-order valence-electron chi connectivity index (χ0n) is 13.7. The Morgan fingerprint density at radius 2 is 2.00 bits per heavy atom. The predicted octanol–water partition coefficient (Wildman–Crippen LogP) is 1.85. The molecule has 0 aromatic carbocycles. The minimum absolute atomic E-state index is 0.0786. The Balaban J connectivity index is 1.61. The van der Waals surface area contributed by atoms with E-state index in [4.69, 9.17) is 16.3 Å². The van der Waals surface area contributed by atoms with Gasteiger partial charge in [0.15, 0.2) is 0 Å². The first-order valence-electron chi connectivity index (χ1n) is 8.06. The zero-order valence-corrected chi connectivity index (χ0v) is 14.4. The molecule has 1 amide bonds. The van der Waals surface area contributed by atoms with Crippen LogP contribution in [0.4, 0.5) is 0 Å². The zero-order chi connectivity index (χ0) is 16.4. The highest BCUT2D eigenvalue weighted by Gasteiger charge is 2.41. The minimum Gasteiger partial charge on any atom is -0.375 e. The van der Waals surface area contributed by atoms with Crippen LogP contribution in [0.5, 0.6) is 0 Å². The number of rotatable bonds is 2. The van der Waals surface area contributed by atoms with E-state index in [1.54, 1.807) is 0 Å². The third-order valence-electron chi connectivity index (χ3n) is 4.97. The van der Waals surface area contributed by atoms with Gasteiger partial charge in [0, 0.05) is 38.1 Å². The number of halogens is 1. The van der Waals surface area contributed by atoms with Crippen LogP contribution in [0.25, 0.3) is 0 Å². The van der Waals surface area contributed by atoms with Crippen LogP contribution in [0.3, 0.4) is 0 Å². The molecule has 1 unspecified atom stereocenters. The number of hydrogen-bond donors (Lipinski definition) is 0. The third kappa shape index (κ3) is 3.65. The first-order chi connectivity index (χ1) is 11.0. The molecule has 1 aromatic rings. The predicted molar refractivity (Wildman–Crippen MR) is 87.6 cm³/mol. The van der Waals surface area contributed by atoms with Gasteiger partial charge in [-0.1, -0.05) is 11.6 Å². The number of ether oxygens (including phenoxy) is 1. The molecule has 0 aliphatic carbocycles. The van der Waals surface area contributed by atoms with Crippen molar-refractivity contribution < 1.29 is 9.53 Å². The van der Waals surface area contributed by atoms with Crippen molar-refractivity contribution in [2.75, 3.05) is 33.8 Å². The van der Waals surface area contributed by atoms with Gasteiger partial charge >= 0.3 is 0 Å². The highest BCUT2D eigenvalue weighted by atomic mass is 35.5. The lowest BCUT2D eigenvalue weighted by atomic mass is 9.82. The van der Waals surface area contributed by atoms with Crippen molar-refractivity contribution in [2.24, 2.45) is 0 Å². The summed E-state index contributed by atoms with van der Waals surface area (Å²) in [6, 6.07) is 0.561. The summed E-state index contributed by atoms with van der Waals surface area (Å²) >= 11 is 5.77. The summed E-state index contributed by atoms with van der Waals surface area (Å²) in [7, 11) is 4.25. The number of aromatic nitrogens is 2. The number of amides is 1. The van der Waals surface area contributed by atoms with Gasteiger partial charge in [0.1, 0.15) is 0 Å². The van der Waals surface area contributed by atoms with Crippen LogP contribution in [0.15, 0.2) is 12.4 Å². The molecule has 0 N–H and O–H groups in total. The van der Waals surface area contributed by atoms with Gasteiger partial charge in [0.25, 0.3) is 5.91 Å². The molecule has 2 aliphatic heterocycles. The Morgan fingerprint density at radius 1 is 1.35 bits per heavy atom. The summed E-state index contributed by atoms with van der Waals surface area (Å²) < 4.78 is 6.12. The van der Waals surface area contributed by atoms with Crippen molar-refractivity contribution >= 4 is 17.5 Å². The Hall–Kier alpha value is -1.24. The normalized spacial score (nSPS) is 24.2. The molecule has 6 nitrogen and oxygen atoms in total. The Bertz CT molecular complexity index is 556. The Morgan fingerprint density at radius 3 is 2.61 bits per heavy atom. The Labute approximate surface area is 141 Å². The molecule has 1 atom stereocenters. The van der Waals surface area contributed by atoms with Gasteiger partial charge < -0.3 is 14.5 Å². The first-order valence-corrected chi connectivity index (χ1v) is 8.44. The smallest absolute Gasteiger partial charge is 0.291 e. The standard InChI is InChI=1S/C16H23ClN4O2/c1-20(2)13-3-8-23-16(9-13)4-6-21(7-5-16)15(22)14-18-10-12(17)11-19-14/h10-11,13H,3-9H2,1-2H3.